The van der Waals surface area contributed by atoms with Crippen LogP contribution in [0.3, 0.4) is 0 Å². The van der Waals surface area contributed by atoms with Crippen LogP contribution < -0.4 is 14.4 Å². The molecule has 0 amide bonds. The average Bonchev–Trinajstić information content (AvgIpc) is 3.28. The van der Waals surface area contributed by atoms with E-state index in [4.69, 9.17) is 9.47 Å². The van der Waals surface area contributed by atoms with Crippen molar-refractivity contribution in [3.8, 4) is 11.5 Å². The number of benzene rings is 3. The number of hydrogen-bond donors (Lipinski definition) is 0. The van der Waals surface area contributed by atoms with Gasteiger partial charge in [0.05, 0.1) is 14.2 Å². The minimum Gasteiger partial charge on any atom is -0.493 e. The fraction of sp³-hybridized carbons (Fsp3) is 0.286. The van der Waals surface area contributed by atoms with E-state index in [1.165, 1.54) is 16.5 Å². The van der Waals surface area contributed by atoms with Crippen molar-refractivity contribution < 1.29 is 13.9 Å². The largest absolute Gasteiger partial charge is 0.493 e. The maximum atomic E-state index is 13.2. The Balaban J connectivity index is 1.29. The first-order valence-electron chi connectivity index (χ1n) is 11.6. The van der Waals surface area contributed by atoms with Crippen LogP contribution in [-0.2, 0) is 13.1 Å². The van der Waals surface area contributed by atoms with Crippen LogP contribution in [-0.4, -0.2) is 49.9 Å². The highest BCUT2D eigenvalue weighted by Gasteiger charge is 2.19. The molecule has 1 saturated heterocycles. The number of aromatic nitrogens is 1. The molecular weight excluding hydrogens is 429 g/mol. The summed E-state index contributed by atoms with van der Waals surface area (Å²) in [6, 6.07) is 19.4. The molecule has 4 aromatic rings. The van der Waals surface area contributed by atoms with E-state index in [1.807, 2.05) is 24.3 Å². The van der Waals surface area contributed by atoms with Crippen molar-refractivity contribution in [3.63, 3.8) is 0 Å². The molecule has 1 aliphatic heterocycles. The maximum Gasteiger partial charge on any atom is 0.161 e. The van der Waals surface area contributed by atoms with Gasteiger partial charge in [0.2, 0.25) is 0 Å². The second-order valence-electron chi connectivity index (χ2n) is 8.79. The average molecular weight is 460 g/mol. The molecule has 0 radical (unpaired) electrons. The molecule has 0 N–H and O–H groups in total. The second-order valence-corrected chi connectivity index (χ2v) is 8.79. The van der Waals surface area contributed by atoms with Gasteiger partial charge < -0.3 is 18.9 Å². The van der Waals surface area contributed by atoms with Crippen LogP contribution in [0.25, 0.3) is 10.8 Å². The highest BCUT2D eigenvalue weighted by molar-refractivity contribution is 5.94. The minimum absolute atomic E-state index is 0.181. The monoisotopic (exact) mass is 459 g/mol. The minimum atomic E-state index is -0.181. The number of rotatable bonds is 7. The number of piperazine rings is 1. The van der Waals surface area contributed by atoms with Gasteiger partial charge in [0.15, 0.2) is 11.5 Å². The number of methoxy groups -OCH3 is 2. The zero-order valence-electron chi connectivity index (χ0n) is 19.7. The lowest BCUT2D eigenvalue weighted by Gasteiger charge is -2.36. The van der Waals surface area contributed by atoms with E-state index in [-0.39, 0.29) is 5.82 Å². The summed E-state index contributed by atoms with van der Waals surface area (Å²) in [5, 5.41) is 2.52. The Labute approximate surface area is 199 Å². The molecule has 3 aromatic carbocycles. The topological polar surface area (TPSA) is 29.9 Å². The van der Waals surface area contributed by atoms with Crippen molar-refractivity contribution in [1.82, 2.24) is 9.47 Å². The van der Waals surface area contributed by atoms with Gasteiger partial charge >= 0.3 is 0 Å². The third-order valence-corrected chi connectivity index (χ3v) is 6.56. The first kappa shape index (κ1) is 22.3. The molecule has 0 atom stereocenters. The van der Waals surface area contributed by atoms with Crippen molar-refractivity contribution in [3.05, 3.63) is 90.0 Å². The second kappa shape index (κ2) is 9.77. The molecule has 2 heterocycles. The lowest BCUT2D eigenvalue weighted by Crippen LogP contribution is -2.46. The predicted octanol–water partition coefficient (Wildman–Crippen LogP) is 5.17. The zero-order chi connectivity index (χ0) is 23.5. The van der Waals surface area contributed by atoms with Crippen molar-refractivity contribution >= 4 is 16.5 Å². The number of fused-ring (bicyclic) bond motifs is 1. The van der Waals surface area contributed by atoms with Crippen LogP contribution in [0.1, 0.15) is 11.1 Å². The Morgan fingerprint density at radius 1 is 0.765 bits per heavy atom. The standard InChI is InChI=1S/C28H30FN3O2/c1-33-27-11-8-22(16-28(27)34-2)18-31-19-23-4-3-5-26(25(23)20-31)32-14-12-30(13-15-32)17-21-6-9-24(29)10-7-21/h3-11,16,19-20H,12-15,17-18H2,1-2H3. The SMILES string of the molecule is COc1ccc(Cn2cc3cccc(N4CCN(Cc5ccc(F)cc5)CC4)c3c2)cc1OC. The Morgan fingerprint density at radius 3 is 2.24 bits per heavy atom. The molecule has 1 aliphatic rings. The van der Waals surface area contributed by atoms with E-state index in [9.17, 15) is 4.39 Å². The predicted molar refractivity (Wildman–Crippen MR) is 134 cm³/mol. The summed E-state index contributed by atoms with van der Waals surface area (Å²) < 4.78 is 26.2. The summed E-state index contributed by atoms with van der Waals surface area (Å²) in [7, 11) is 3.32. The third kappa shape index (κ3) is 4.73. The Hall–Kier alpha value is -3.51. The lowest BCUT2D eigenvalue weighted by atomic mass is 10.1. The number of hydrogen-bond acceptors (Lipinski definition) is 4. The molecule has 5 rings (SSSR count). The molecule has 6 heteroatoms. The molecule has 176 valence electrons. The van der Waals surface area contributed by atoms with Crippen molar-refractivity contribution in [2.75, 3.05) is 45.3 Å². The first-order chi connectivity index (χ1) is 16.6. The number of nitrogens with zero attached hydrogens (tertiary/aromatic N) is 3. The Kier molecular flexibility index (Phi) is 6.41. The van der Waals surface area contributed by atoms with Crippen LogP contribution >= 0.6 is 0 Å². The van der Waals surface area contributed by atoms with E-state index in [1.54, 1.807) is 26.4 Å². The molecule has 1 aromatic heterocycles. The van der Waals surface area contributed by atoms with E-state index >= 15 is 0 Å². The fourth-order valence-corrected chi connectivity index (χ4v) is 4.76. The van der Waals surface area contributed by atoms with Crippen molar-refractivity contribution in [2.45, 2.75) is 13.1 Å². The van der Waals surface area contributed by atoms with Crippen LogP contribution in [0.5, 0.6) is 11.5 Å². The zero-order valence-corrected chi connectivity index (χ0v) is 19.7. The van der Waals surface area contributed by atoms with E-state index in [0.29, 0.717) is 0 Å². The van der Waals surface area contributed by atoms with Gasteiger partial charge in [0, 0.05) is 68.1 Å². The quantitative estimate of drug-likeness (QED) is 0.382. The maximum absolute atomic E-state index is 13.2. The summed E-state index contributed by atoms with van der Waals surface area (Å²) in [4.78, 5) is 4.91. The van der Waals surface area contributed by atoms with E-state index in [2.05, 4.69) is 51.0 Å². The van der Waals surface area contributed by atoms with Gasteiger partial charge in [-0.1, -0.05) is 30.3 Å². The van der Waals surface area contributed by atoms with Gasteiger partial charge in [0.25, 0.3) is 0 Å². The van der Waals surface area contributed by atoms with Crippen LogP contribution in [0.2, 0.25) is 0 Å². The van der Waals surface area contributed by atoms with E-state index in [0.717, 1.165) is 61.9 Å². The van der Waals surface area contributed by atoms with Crippen molar-refractivity contribution in [2.24, 2.45) is 0 Å². The fourth-order valence-electron chi connectivity index (χ4n) is 4.76. The van der Waals surface area contributed by atoms with Gasteiger partial charge in [-0.3, -0.25) is 4.90 Å². The van der Waals surface area contributed by atoms with Crippen LogP contribution in [0, 0.1) is 5.82 Å². The van der Waals surface area contributed by atoms with Gasteiger partial charge in [-0.2, -0.15) is 0 Å². The van der Waals surface area contributed by atoms with Crippen LogP contribution in [0.15, 0.2) is 73.1 Å². The van der Waals surface area contributed by atoms with Gasteiger partial charge in [0.1, 0.15) is 5.82 Å². The smallest absolute Gasteiger partial charge is 0.161 e. The normalized spacial score (nSPS) is 14.5. The molecule has 1 fully saturated rings. The van der Waals surface area contributed by atoms with Gasteiger partial charge in [-0.15, -0.1) is 0 Å². The summed E-state index contributed by atoms with van der Waals surface area (Å²) in [5.41, 5.74) is 3.60. The molecule has 5 nitrogen and oxygen atoms in total. The first-order valence-corrected chi connectivity index (χ1v) is 11.6. The molecule has 0 saturated carbocycles. The van der Waals surface area contributed by atoms with E-state index < -0.39 is 0 Å². The summed E-state index contributed by atoms with van der Waals surface area (Å²) in [6.07, 6.45) is 4.45. The highest BCUT2D eigenvalue weighted by atomic mass is 19.1. The summed E-state index contributed by atoms with van der Waals surface area (Å²) >= 11 is 0. The summed E-state index contributed by atoms with van der Waals surface area (Å²) in [6.45, 7) is 5.54. The third-order valence-electron chi connectivity index (χ3n) is 6.56. The molecule has 0 bridgehead atoms. The van der Waals surface area contributed by atoms with Gasteiger partial charge in [-0.05, 0) is 41.5 Å². The molecule has 0 spiro atoms. The van der Waals surface area contributed by atoms with Crippen LogP contribution in [0.4, 0.5) is 10.1 Å². The molecule has 0 unspecified atom stereocenters. The number of anilines is 1. The lowest BCUT2D eigenvalue weighted by molar-refractivity contribution is 0.250. The summed E-state index contributed by atoms with van der Waals surface area (Å²) in [5.74, 6) is 1.31. The Bertz CT molecular complexity index is 1260. The van der Waals surface area contributed by atoms with Gasteiger partial charge in [-0.25, -0.2) is 4.39 Å². The van der Waals surface area contributed by atoms with Crippen molar-refractivity contribution in [1.29, 1.82) is 0 Å². The highest BCUT2D eigenvalue weighted by Crippen LogP contribution is 2.31. The molecule has 34 heavy (non-hydrogen) atoms. The number of ether oxygens (including phenoxy) is 2. The molecule has 0 aliphatic carbocycles. The Morgan fingerprint density at radius 2 is 1.50 bits per heavy atom. The molecular formula is C28H30FN3O2. The number of halogens is 1.